The van der Waals surface area contributed by atoms with Gasteiger partial charge in [0.15, 0.2) is 0 Å². The lowest BCUT2D eigenvalue weighted by molar-refractivity contribution is -0.136. The van der Waals surface area contributed by atoms with Crippen LogP contribution < -0.4 is 5.32 Å². The Labute approximate surface area is 103 Å². The van der Waals surface area contributed by atoms with Gasteiger partial charge in [0.05, 0.1) is 25.7 Å². The van der Waals surface area contributed by atoms with Crippen molar-refractivity contribution < 1.29 is 14.3 Å². The summed E-state index contributed by atoms with van der Waals surface area (Å²) in [5, 5.41) is 3.31. The predicted molar refractivity (Wildman–Crippen MR) is 65.9 cm³/mol. The molecule has 1 aliphatic heterocycles. The van der Waals surface area contributed by atoms with Crippen molar-refractivity contribution in [1.29, 1.82) is 0 Å². The van der Waals surface area contributed by atoms with Crippen LogP contribution in [-0.2, 0) is 14.3 Å². The summed E-state index contributed by atoms with van der Waals surface area (Å²) in [6, 6.07) is 0.157. The van der Waals surface area contributed by atoms with Crippen molar-refractivity contribution in [3.63, 3.8) is 0 Å². The van der Waals surface area contributed by atoms with Crippen molar-refractivity contribution in [2.45, 2.75) is 19.9 Å². The van der Waals surface area contributed by atoms with Gasteiger partial charge in [0, 0.05) is 26.2 Å². The highest BCUT2D eigenvalue weighted by Crippen LogP contribution is 2.16. The van der Waals surface area contributed by atoms with Crippen LogP contribution in [0.15, 0.2) is 0 Å². The molecule has 0 bridgehead atoms. The Morgan fingerprint density at radius 1 is 1.47 bits per heavy atom. The average Bonchev–Trinajstić information content (AvgIpc) is 2.78. The summed E-state index contributed by atoms with van der Waals surface area (Å²) >= 11 is 0. The molecule has 1 fully saturated rings. The Balaban J connectivity index is 2.53. The van der Waals surface area contributed by atoms with Gasteiger partial charge in [0.1, 0.15) is 0 Å². The van der Waals surface area contributed by atoms with Crippen LogP contribution in [0.5, 0.6) is 0 Å². The molecular weight excluding hydrogens is 220 g/mol. The van der Waals surface area contributed by atoms with Crippen molar-refractivity contribution in [2.75, 3.05) is 46.6 Å². The van der Waals surface area contributed by atoms with E-state index in [0.717, 1.165) is 13.1 Å². The minimum Gasteiger partial charge on any atom is -0.383 e. The van der Waals surface area contributed by atoms with Gasteiger partial charge in [-0.15, -0.1) is 0 Å². The first-order valence-electron chi connectivity index (χ1n) is 6.33. The summed E-state index contributed by atoms with van der Waals surface area (Å²) in [6.07, 6.45) is 0. The Kier molecular flexibility index (Phi) is 6.47. The molecule has 17 heavy (non-hydrogen) atoms. The van der Waals surface area contributed by atoms with E-state index < -0.39 is 0 Å². The number of methoxy groups -OCH3 is 1. The summed E-state index contributed by atoms with van der Waals surface area (Å²) in [5.74, 6) is 0.125. The van der Waals surface area contributed by atoms with E-state index in [1.165, 1.54) is 0 Å². The number of hydrogen-bond donors (Lipinski definition) is 1. The Bertz CT molecular complexity index is 236. The fourth-order valence-corrected chi connectivity index (χ4v) is 2.12. The number of likely N-dealkylation sites (N-methyl/N-ethyl adjacent to an activating group) is 2. The van der Waals surface area contributed by atoms with Gasteiger partial charge >= 0.3 is 0 Å². The largest absolute Gasteiger partial charge is 0.383 e. The lowest BCUT2D eigenvalue weighted by atomic mass is 10.0. The first-order chi connectivity index (χ1) is 8.24. The molecule has 1 N–H and O–H groups in total. The molecule has 5 nitrogen and oxygen atoms in total. The van der Waals surface area contributed by atoms with Crippen LogP contribution in [0.2, 0.25) is 0 Å². The second kappa shape index (κ2) is 7.63. The van der Waals surface area contributed by atoms with Gasteiger partial charge in [-0.1, -0.05) is 6.92 Å². The zero-order valence-corrected chi connectivity index (χ0v) is 11.1. The molecule has 0 aromatic carbocycles. The zero-order valence-electron chi connectivity index (χ0n) is 11.1. The summed E-state index contributed by atoms with van der Waals surface area (Å²) in [4.78, 5) is 14.2. The minimum atomic E-state index is -0.0493. The van der Waals surface area contributed by atoms with Gasteiger partial charge < -0.3 is 19.7 Å². The third-order valence-corrected chi connectivity index (χ3v) is 3.12. The van der Waals surface area contributed by atoms with E-state index in [1.807, 2.05) is 18.7 Å². The number of carbonyl (C=O) groups excluding carboxylic acids is 1. The number of rotatable bonds is 7. The lowest BCUT2D eigenvalue weighted by Crippen LogP contribution is -2.46. The van der Waals surface area contributed by atoms with Gasteiger partial charge in [-0.3, -0.25) is 4.79 Å². The van der Waals surface area contributed by atoms with E-state index in [-0.39, 0.29) is 17.9 Å². The van der Waals surface area contributed by atoms with Crippen LogP contribution in [0, 0.1) is 5.92 Å². The van der Waals surface area contributed by atoms with Crippen LogP contribution in [-0.4, -0.2) is 63.4 Å². The maximum Gasteiger partial charge on any atom is 0.229 e. The summed E-state index contributed by atoms with van der Waals surface area (Å²) in [7, 11) is 1.65. The molecule has 0 radical (unpaired) electrons. The summed E-state index contributed by atoms with van der Waals surface area (Å²) in [5.41, 5.74) is 0. The third-order valence-electron chi connectivity index (χ3n) is 3.12. The second-order valence-corrected chi connectivity index (χ2v) is 4.22. The average molecular weight is 244 g/mol. The van der Waals surface area contributed by atoms with E-state index >= 15 is 0 Å². The highest BCUT2D eigenvalue weighted by atomic mass is 16.5. The predicted octanol–water partition coefficient (Wildman–Crippen LogP) is 0.106. The fraction of sp³-hybridized carbons (Fsp3) is 0.917. The van der Waals surface area contributed by atoms with Crippen molar-refractivity contribution in [3.05, 3.63) is 0 Å². The number of amides is 1. The van der Waals surface area contributed by atoms with Gasteiger partial charge in [0.2, 0.25) is 5.91 Å². The van der Waals surface area contributed by atoms with Crippen molar-refractivity contribution in [2.24, 2.45) is 5.92 Å². The molecule has 1 saturated heterocycles. The number of hydrogen-bond acceptors (Lipinski definition) is 4. The molecule has 2 atom stereocenters. The van der Waals surface area contributed by atoms with Crippen LogP contribution in [0.3, 0.4) is 0 Å². The molecule has 0 aliphatic carbocycles. The minimum absolute atomic E-state index is 0.0493. The first-order valence-corrected chi connectivity index (χ1v) is 6.33. The third kappa shape index (κ3) is 3.94. The molecule has 1 aliphatic rings. The quantitative estimate of drug-likeness (QED) is 0.690. The Morgan fingerprint density at radius 2 is 2.24 bits per heavy atom. The zero-order chi connectivity index (χ0) is 12.7. The van der Waals surface area contributed by atoms with Crippen molar-refractivity contribution in [3.8, 4) is 0 Å². The Hall–Kier alpha value is -0.650. The number of nitrogens with one attached hydrogen (secondary N) is 1. The number of nitrogens with zero attached hydrogens (tertiary/aromatic N) is 1. The van der Waals surface area contributed by atoms with Crippen molar-refractivity contribution >= 4 is 5.91 Å². The second-order valence-electron chi connectivity index (χ2n) is 4.22. The normalized spacial score (nSPS) is 23.9. The van der Waals surface area contributed by atoms with Gasteiger partial charge in [-0.2, -0.15) is 0 Å². The molecule has 0 aromatic rings. The maximum absolute atomic E-state index is 12.3. The highest BCUT2D eigenvalue weighted by Gasteiger charge is 2.35. The summed E-state index contributed by atoms with van der Waals surface area (Å²) < 4.78 is 10.4. The van der Waals surface area contributed by atoms with Crippen LogP contribution in [0.25, 0.3) is 0 Å². The fourth-order valence-electron chi connectivity index (χ4n) is 2.12. The number of ether oxygens (including phenoxy) is 2. The van der Waals surface area contributed by atoms with Crippen LogP contribution in [0.4, 0.5) is 0 Å². The van der Waals surface area contributed by atoms with Crippen LogP contribution >= 0.6 is 0 Å². The molecular formula is C12H24N2O3. The topological polar surface area (TPSA) is 50.8 Å². The monoisotopic (exact) mass is 244 g/mol. The molecule has 1 heterocycles. The SMILES string of the molecule is CCNC1COCC1C(=O)N(CC)CCOC. The van der Waals surface area contributed by atoms with Crippen LogP contribution in [0.1, 0.15) is 13.8 Å². The molecule has 0 spiro atoms. The van der Waals surface area contributed by atoms with E-state index in [9.17, 15) is 4.79 Å². The molecule has 0 saturated carbocycles. The molecule has 0 aromatic heterocycles. The van der Waals surface area contributed by atoms with Gasteiger partial charge in [-0.05, 0) is 13.5 Å². The molecule has 1 rings (SSSR count). The van der Waals surface area contributed by atoms with E-state index in [4.69, 9.17) is 9.47 Å². The Morgan fingerprint density at radius 3 is 2.82 bits per heavy atom. The standard InChI is InChI=1S/C12H24N2O3/c1-4-13-11-9-17-8-10(11)12(15)14(5-2)6-7-16-3/h10-11,13H,4-9H2,1-3H3. The summed E-state index contributed by atoms with van der Waals surface area (Å²) in [6.45, 7) is 8.01. The van der Waals surface area contributed by atoms with Gasteiger partial charge in [-0.25, -0.2) is 0 Å². The smallest absolute Gasteiger partial charge is 0.229 e. The maximum atomic E-state index is 12.3. The van der Waals surface area contributed by atoms with E-state index in [2.05, 4.69) is 5.32 Å². The molecule has 2 unspecified atom stereocenters. The van der Waals surface area contributed by atoms with E-state index in [0.29, 0.717) is 26.4 Å². The lowest BCUT2D eigenvalue weighted by Gasteiger charge is -2.26. The first kappa shape index (κ1) is 14.4. The highest BCUT2D eigenvalue weighted by molar-refractivity contribution is 5.80. The molecule has 5 heteroatoms. The van der Waals surface area contributed by atoms with Crippen molar-refractivity contribution in [1.82, 2.24) is 10.2 Å². The van der Waals surface area contributed by atoms with E-state index in [1.54, 1.807) is 7.11 Å². The molecule has 1 amide bonds. The molecule has 100 valence electrons. The van der Waals surface area contributed by atoms with Gasteiger partial charge in [0.25, 0.3) is 0 Å². The number of carbonyl (C=O) groups is 1.